The van der Waals surface area contributed by atoms with Gasteiger partial charge in [0.25, 0.3) is 5.91 Å². The number of amides is 1. The lowest BCUT2D eigenvalue weighted by atomic mass is 10.2. The molecular formula is C17H16Cl2N2O3. The van der Waals surface area contributed by atoms with Crippen LogP contribution in [0.2, 0.25) is 10.0 Å². The molecule has 2 aromatic carbocycles. The summed E-state index contributed by atoms with van der Waals surface area (Å²) in [5, 5.41) is 6.07. The second kappa shape index (κ2) is 8.04. The smallest absolute Gasteiger partial charge is 0.341 e. The van der Waals surface area contributed by atoms with Gasteiger partial charge < -0.3 is 15.4 Å². The second-order valence-corrected chi connectivity index (χ2v) is 5.74. The molecule has 0 saturated heterocycles. The molecule has 1 atom stereocenters. The number of hydrogen-bond donors (Lipinski definition) is 2. The van der Waals surface area contributed by atoms with Crippen molar-refractivity contribution in [3.05, 3.63) is 58.1 Å². The zero-order valence-corrected chi connectivity index (χ0v) is 14.6. The molecule has 7 heteroatoms. The van der Waals surface area contributed by atoms with E-state index < -0.39 is 18.0 Å². The van der Waals surface area contributed by atoms with Crippen LogP contribution in [0.25, 0.3) is 0 Å². The van der Waals surface area contributed by atoms with Crippen LogP contribution in [0, 0.1) is 0 Å². The summed E-state index contributed by atoms with van der Waals surface area (Å²) < 4.78 is 5.22. The number of para-hydroxylation sites is 2. The minimum Gasteiger partial charge on any atom is -0.449 e. The summed E-state index contributed by atoms with van der Waals surface area (Å²) in [4.78, 5) is 24.4. The van der Waals surface area contributed by atoms with Gasteiger partial charge in [-0.3, -0.25) is 4.79 Å². The Morgan fingerprint density at radius 2 is 1.67 bits per heavy atom. The third-order valence-electron chi connectivity index (χ3n) is 3.28. The molecule has 5 nitrogen and oxygen atoms in total. The van der Waals surface area contributed by atoms with Crippen molar-refractivity contribution >= 4 is 46.5 Å². The van der Waals surface area contributed by atoms with Crippen LogP contribution in [0.3, 0.4) is 0 Å². The third kappa shape index (κ3) is 4.19. The summed E-state index contributed by atoms with van der Waals surface area (Å²) in [6, 6.07) is 11.7. The Morgan fingerprint density at radius 1 is 1.04 bits per heavy atom. The number of benzene rings is 2. The van der Waals surface area contributed by atoms with Crippen molar-refractivity contribution in [2.45, 2.75) is 13.0 Å². The third-order valence-corrected chi connectivity index (χ3v) is 3.91. The van der Waals surface area contributed by atoms with E-state index in [1.807, 2.05) is 0 Å². The lowest BCUT2D eigenvalue weighted by molar-refractivity contribution is -0.123. The maximum atomic E-state index is 12.2. The molecule has 0 aromatic heterocycles. The molecule has 0 radical (unpaired) electrons. The summed E-state index contributed by atoms with van der Waals surface area (Å²) >= 11 is 12.0. The molecule has 2 N–H and O–H groups in total. The van der Waals surface area contributed by atoms with Crippen LogP contribution in [0.15, 0.2) is 42.5 Å². The SMILES string of the molecule is CNc1ccccc1C(=O)O[C@@H](C)C(=O)Nc1c(Cl)cccc1Cl. The van der Waals surface area contributed by atoms with Crippen molar-refractivity contribution in [3.63, 3.8) is 0 Å². The van der Waals surface area contributed by atoms with Gasteiger partial charge >= 0.3 is 5.97 Å². The van der Waals surface area contributed by atoms with Crippen LogP contribution in [0.4, 0.5) is 11.4 Å². The number of anilines is 2. The normalized spacial score (nSPS) is 11.5. The summed E-state index contributed by atoms with van der Waals surface area (Å²) in [5.74, 6) is -1.13. The molecule has 0 saturated carbocycles. The number of rotatable bonds is 5. The zero-order valence-electron chi connectivity index (χ0n) is 13.1. The first-order valence-electron chi connectivity index (χ1n) is 7.16. The van der Waals surface area contributed by atoms with E-state index in [-0.39, 0.29) is 5.69 Å². The van der Waals surface area contributed by atoms with Crippen LogP contribution in [-0.2, 0) is 9.53 Å². The quantitative estimate of drug-likeness (QED) is 0.777. The number of carbonyl (C=O) groups excluding carboxylic acids is 2. The Morgan fingerprint density at radius 3 is 2.29 bits per heavy atom. The topological polar surface area (TPSA) is 67.4 Å². The van der Waals surface area contributed by atoms with Gasteiger partial charge in [-0.2, -0.15) is 0 Å². The van der Waals surface area contributed by atoms with E-state index in [1.165, 1.54) is 6.92 Å². The first-order valence-corrected chi connectivity index (χ1v) is 7.92. The highest BCUT2D eigenvalue weighted by atomic mass is 35.5. The van der Waals surface area contributed by atoms with Crippen molar-refractivity contribution in [2.75, 3.05) is 17.7 Å². The molecular weight excluding hydrogens is 351 g/mol. The second-order valence-electron chi connectivity index (χ2n) is 4.93. The largest absolute Gasteiger partial charge is 0.449 e. The van der Waals surface area contributed by atoms with Gasteiger partial charge in [0.2, 0.25) is 0 Å². The Labute approximate surface area is 149 Å². The lowest BCUT2D eigenvalue weighted by Gasteiger charge is -2.16. The molecule has 2 aromatic rings. The molecule has 0 aliphatic carbocycles. The van der Waals surface area contributed by atoms with Gasteiger partial charge in [0.15, 0.2) is 6.10 Å². The number of carbonyl (C=O) groups is 2. The van der Waals surface area contributed by atoms with Crippen molar-refractivity contribution in [2.24, 2.45) is 0 Å². The van der Waals surface area contributed by atoms with Crippen LogP contribution in [0.1, 0.15) is 17.3 Å². The monoisotopic (exact) mass is 366 g/mol. The molecule has 126 valence electrons. The highest BCUT2D eigenvalue weighted by Crippen LogP contribution is 2.30. The summed E-state index contributed by atoms with van der Waals surface area (Å²) in [6.07, 6.45) is -1.02. The standard InChI is InChI=1S/C17H16Cl2N2O3/c1-10(16(22)21-15-12(18)7-5-8-13(15)19)24-17(23)11-6-3-4-9-14(11)20-2/h3-10,20H,1-2H3,(H,21,22)/t10-/m0/s1. The van der Waals surface area contributed by atoms with E-state index in [0.29, 0.717) is 21.3 Å². The van der Waals surface area contributed by atoms with Crippen molar-refractivity contribution < 1.29 is 14.3 Å². The van der Waals surface area contributed by atoms with Gasteiger partial charge in [-0.25, -0.2) is 4.79 Å². The first-order chi connectivity index (χ1) is 11.4. The Kier molecular flexibility index (Phi) is 6.06. The minimum atomic E-state index is -1.02. The Hall–Kier alpha value is -2.24. The van der Waals surface area contributed by atoms with Crippen LogP contribution in [0.5, 0.6) is 0 Å². The fourth-order valence-electron chi connectivity index (χ4n) is 2.00. The van der Waals surface area contributed by atoms with Crippen molar-refractivity contribution in [1.82, 2.24) is 0 Å². The Balaban J connectivity index is 2.07. The van der Waals surface area contributed by atoms with Gasteiger partial charge in [0.05, 0.1) is 21.3 Å². The molecule has 2 rings (SSSR count). The molecule has 0 heterocycles. The molecule has 1 amide bonds. The zero-order chi connectivity index (χ0) is 17.7. The first kappa shape index (κ1) is 18.1. The summed E-state index contributed by atoms with van der Waals surface area (Å²) in [7, 11) is 1.70. The fraction of sp³-hybridized carbons (Fsp3) is 0.176. The van der Waals surface area contributed by atoms with E-state index in [4.69, 9.17) is 27.9 Å². The van der Waals surface area contributed by atoms with E-state index in [2.05, 4.69) is 10.6 Å². The number of nitrogens with one attached hydrogen (secondary N) is 2. The minimum absolute atomic E-state index is 0.282. The maximum Gasteiger partial charge on any atom is 0.341 e. The molecule has 24 heavy (non-hydrogen) atoms. The molecule has 0 aliphatic heterocycles. The predicted octanol–water partition coefficient (Wildman–Crippen LogP) is 4.22. The van der Waals surface area contributed by atoms with Gasteiger partial charge in [-0.1, -0.05) is 41.4 Å². The maximum absolute atomic E-state index is 12.2. The number of halogens is 2. The summed E-state index contributed by atoms with van der Waals surface area (Å²) in [6.45, 7) is 1.47. The Bertz CT molecular complexity index is 745. The predicted molar refractivity (Wildman–Crippen MR) is 96.0 cm³/mol. The average Bonchev–Trinajstić information content (AvgIpc) is 2.57. The molecule has 0 spiro atoms. The van der Waals surface area contributed by atoms with Crippen LogP contribution >= 0.6 is 23.2 Å². The molecule has 0 bridgehead atoms. The fourth-order valence-corrected chi connectivity index (χ4v) is 2.49. The van der Waals surface area contributed by atoms with Crippen molar-refractivity contribution in [3.8, 4) is 0 Å². The van der Waals surface area contributed by atoms with Gasteiger partial charge in [-0.15, -0.1) is 0 Å². The molecule has 0 aliphatic rings. The van der Waals surface area contributed by atoms with E-state index in [1.54, 1.807) is 49.5 Å². The van der Waals surface area contributed by atoms with E-state index in [0.717, 1.165) is 0 Å². The number of ether oxygens (including phenoxy) is 1. The summed E-state index contributed by atoms with van der Waals surface area (Å²) in [5.41, 5.74) is 1.24. The molecule has 0 unspecified atom stereocenters. The molecule has 0 fully saturated rings. The van der Waals surface area contributed by atoms with Crippen molar-refractivity contribution in [1.29, 1.82) is 0 Å². The van der Waals surface area contributed by atoms with E-state index >= 15 is 0 Å². The highest BCUT2D eigenvalue weighted by molar-refractivity contribution is 6.39. The van der Waals surface area contributed by atoms with Gasteiger partial charge in [-0.05, 0) is 31.2 Å². The van der Waals surface area contributed by atoms with Gasteiger partial charge in [0, 0.05) is 12.7 Å². The lowest BCUT2D eigenvalue weighted by Crippen LogP contribution is -2.30. The van der Waals surface area contributed by atoms with E-state index in [9.17, 15) is 9.59 Å². The van der Waals surface area contributed by atoms with Gasteiger partial charge in [0.1, 0.15) is 0 Å². The van der Waals surface area contributed by atoms with Crippen LogP contribution < -0.4 is 10.6 Å². The number of esters is 1. The van der Waals surface area contributed by atoms with Crippen LogP contribution in [-0.4, -0.2) is 25.0 Å². The highest BCUT2D eigenvalue weighted by Gasteiger charge is 2.22. The average molecular weight is 367 g/mol. The number of hydrogen-bond acceptors (Lipinski definition) is 4.